The lowest BCUT2D eigenvalue weighted by Crippen LogP contribution is -2.43. The highest BCUT2D eigenvalue weighted by Gasteiger charge is 2.34. The third kappa shape index (κ3) is 3.56. The lowest BCUT2D eigenvalue weighted by Gasteiger charge is -2.31. The number of halogens is 4. The second kappa shape index (κ2) is 6.35. The van der Waals surface area contributed by atoms with Crippen LogP contribution in [0.2, 0.25) is 5.02 Å². The maximum atomic E-state index is 12.6. The summed E-state index contributed by atoms with van der Waals surface area (Å²) in [5.74, 6) is 0. The molecule has 1 N–H and O–H groups in total. The van der Waals surface area contributed by atoms with E-state index in [9.17, 15) is 21.6 Å². The van der Waals surface area contributed by atoms with E-state index in [-0.39, 0.29) is 10.9 Å². The maximum absolute atomic E-state index is 12.6. The molecule has 22 heavy (non-hydrogen) atoms. The molecule has 1 aromatic rings. The van der Waals surface area contributed by atoms with Gasteiger partial charge in [0.25, 0.3) is 0 Å². The van der Waals surface area contributed by atoms with E-state index < -0.39 is 26.8 Å². The summed E-state index contributed by atoms with van der Waals surface area (Å²) < 4.78 is 64.2. The number of nitrogens with zero attached hydrogens (tertiary/aromatic N) is 1. The molecular formula is C13H16ClF3N2O2S. The number of piperidine rings is 1. The first-order valence-electron chi connectivity index (χ1n) is 6.69. The van der Waals surface area contributed by atoms with Crippen LogP contribution in [0, 0.1) is 0 Å². The van der Waals surface area contributed by atoms with Crippen molar-refractivity contribution < 1.29 is 21.6 Å². The molecule has 0 saturated carbocycles. The minimum Gasteiger partial charge on any atom is -0.317 e. The number of hydrogen-bond acceptors (Lipinski definition) is 3. The van der Waals surface area contributed by atoms with Crippen LogP contribution in [-0.4, -0.2) is 38.9 Å². The Labute approximate surface area is 132 Å². The Balaban J connectivity index is 2.33. The van der Waals surface area contributed by atoms with Gasteiger partial charge in [-0.25, -0.2) is 8.42 Å². The van der Waals surface area contributed by atoms with E-state index in [1.54, 1.807) is 0 Å². The Bertz CT molecular complexity index is 643. The third-order valence-electron chi connectivity index (χ3n) is 3.74. The normalized spacial score (nSPS) is 17.9. The van der Waals surface area contributed by atoms with Crippen molar-refractivity contribution in [2.75, 3.05) is 20.1 Å². The van der Waals surface area contributed by atoms with Crippen molar-refractivity contribution in [1.29, 1.82) is 0 Å². The Morgan fingerprint density at radius 2 is 1.86 bits per heavy atom. The molecular weight excluding hydrogens is 341 g/mol. The SMILES string of the molecule is CN(C1CCNCC1)S(=O)(=O)c1ccc(C(F)(F)F)cc1Cl. The zero-order valence-corrected chi connectivity index (χ0v) is 13.4. The standard InChI is InChI=1S/C13H16ClF3N2O2S/c1-19(10-4-6-18-7-5-10)22(20,21)12-3-2-9(8-11(12)14)13(15,16)17/h2-3,8,10,18H,4-7H2,1H3. The monoisotopic (exact) mass is 356 g/mol. The van der Waals surface area contributed by atoms with Crippen LogP contribution in [0.25, 0.3) is 0 Å². The van der Waals surface area contributed by atoms with Crippen LogP contribution < -0.4 is 5.32 Å². The summed E-state index contributed by atoms with van der Waals surface area (Å²) in [5, 5.41) is 2.70. The number of alkyl halides is 3. The predicted octanol–water partition coefficient (Wildman–Crippen LogP) is 2.73. The van der Waals surface area contributed by atoms with Crippen molar-refractivity contribution in [3.05, 3.63) is 28.8 Å². The molecule has 1 fully saturated rings. The molecule has 9 heteroatoms. The van der Waals surface area contributed by atoms with Gasteiger partial charge in [0, 0.05) is 13.1 Å². The van der Waals surface area contributed by atoms with Crippen molar-refractivity contribution in [2.24, 2.45) is 0 Å². The average molecular weight is 357 g/mol. The van der Waals surface area contributed by atoms with E-state index in [1.807, 2.05) is 0 Å². The molecule has 0 atom stereocenters. The van der Waals surface area contributed by atoms with Gasteiger partial charge in [0.05, 0.1) is 10.6 Å². The summed E-state index contributed by atoms with van der Waals surface area (Å²) in [7, 11) is -2.50. The van der Waals surface area contributed by atoms with Gasteiger partial charge in [0.15, 0.2) is 0 Å². The molecule has 0 unspecified atom stereocenters. The highest BCUT2D eigenvalue weighted by molar-refractivity contribution is 7.89. The fraction of sp³-hybridized carbons (Fsp3) is 0.538. The molecule has 0 amide bonds. The van der Waals surface area contributed by atoms with Gasteiger partial charge in [-0.05, 0) is 44.1 Å². The first-order chi connectivity index (χ1) is 10.1. The van der Waals surface area contributed by atoms with Crippen LogP contribution in [-0.2, 0) is 16.2 Å². The van der Waals surface area contributed by atoms with Crippen LogP contribution in [0.3, 0.4) is 0 Å². The molecule has 4 nitrogen and oxygen atoms in total. The van der Waals surface area contributed by atoms with Crippen molar-refractivity contribution in [2.45, 2.75) is 30.0 Å². The van der Waals surface area contributed by atoms with E-state index >= 15 is 0 Å². The van der Waals surface area contributed by atoms with Crippen LogP contribution in [0.5, 0.6) is 0 Å². The van der Waals surface area contributed by atoms with Crippen molar-refractivity contribution in [1.82, 2.24) is 9.62 Å². The average Bonchev–Trinajstić information content (AvgIpc) is 2.46. The van der Waals surface area contributed by atoms with E-state index in [0.717, 1.165) is 12.1 Å². The summed E-state index contributed by atoms with van der Waals surface area (Å²) in [4.78, 5) is -0.303. The van der Waals surface area contributed by atoms with E-state index in [1.165, 1.54) is 11.4 Å². The van der Waals surface area contributed by atoms with E-state index in [2.05, 4.69) is 5.32 Å². The van der Waals surface area contributed by atoms with E-state index in [4.69, 9.17) is 11.6 Å². The number of rotatable bonds is 3. The molecule has 0 bridgehead atoms. The van der Waals surface area contributed by atoms with E-state index in [0.29, 0.717) is 32.0 Å². The minimum atomic E-state index is -4.56. The summed E-state index contributed by atoms with van der Waals surface area (Å²) in [6, 6.07) is 2.10. The molecule has 1 saturated heterocycles. The lowest BCUT2D eigenvalue weighted by molar-refractivity contribution is -0.137. The van der Waals surface area contributed by atoms with Gasteiger partial charge in [-0.15, -0.1) is 0 Å². The van der Waals surface area contributed by atoms with Gasteiger partial charge in [-0.2, -0.15) is 17.5 Å². The quantitative estimate of drug-likeness (QED) is 0.906. The van der Waals surface area contributed by atoms with Crippen LogP contribution in [0.15, 0.2) is 23.1 Å². The molecule has 0 aliphatic carbocycles. The molecule has 1 aromatic carbocycles. The fourth-order valence-electron chi connectivity index (χ4n) is 2.41. The Kier molecular flexibility index (Phi) is 5.06. The summed E-state index contributed by atoms with van der Waals surface area (Å²) in [6.45, 7) is 1.40. The highest BCUT2D eigenvalue weighted by atomic mass is 35.5. The molecule has 0 aromatic heterocycles. The van der Waals surface area contributed by atoms with Crippen molar-refractivity contribution >= 4 is 21.6 Å². The van der Waals surface area contributed by atoms with Crippen LogP contribution in [0.4, 0.5) is 13.2 Å². The smallest absolute Gasteiger partial charge is 0.317 e. The van der Waals surface area contributed by atoms with Gasteiger partial charge in [0.2, 0.25) is 10.0 Å². The number of benzene rings is 1. The third-order valence-corrected chi connectivity index (χ3v) is 6.13. The molecule has 1 aliphatic rings. The Morgan fingerprint density at radius 3 is 2.36 bits per heavy atom. The highest BCUT2D eigenvalue weighted by Crippen LogP contribution is 2.34. The first-order valence-corrected chi connectivity index (χ1v) is 8.51. The fourth-order valence-corrected chi connectivity index (χ4v) is 4.34. The molecule has 1 heterocycles. The number of hydrogen-bond donors (Lipinski definition) is 1. The van der Waals surface area contributed by atoms with Gasteiger partial charge in [-0.3, -0.25) is 0 Å². The minimum absolute atomic E-state index is 0.190. The zero-order chi connectivity index (χ0) is 16.5. The van der Waals surface area contributed by atoms with Crippen LogP contribution >= 0.6 is 11.6 Å². The molecule has 2 rings (SSSR count). The Morgan fingerprint density at radius 1 is 1.27 bits per heavy atom. The first kappa shape index (κ1) is 17.5. The van der Waals surface area contributed by atoms with Crippen LogP contribution in [0.1, 0.15) is 18.4 Å². The molecule has 0 spiro atoms. The van der Waals surface area contributed by atoms with Gasteiger partial charge < -0.3 is 5.32 Å². The molecule has 124 valence electrons. The van der Waals surface area contributed by atoms with Crippen molar-refractivity contribution in [3.63, 3.8) is 0 Å². The van der Waals surface area contributed by atoms with Gasteiger partial charge in [0.1, 0.15) is 4.90 Å². The maximum Gasteiger partial charge on any atom is 0.416 e. The van der Waals surface area contributed by atoms with Gasteiger partial charge >= 0.3 is 6.18 Å². The molecule has 0 radical (unpaired) electrons. The largest absolute Gasteiger partial charge is 0.416 e. The number of nitrogens with one attached hydrogen (secondary N) is 1. The topological polar surface area (TPSA) is 49.4 Å². The second-order valence-corrected chi connectivity index (χ2v) is 7.52. The zero-order valence-electron chi connectivity index (χ0n) is 11.8. The number of sulfonamides is 1. The lowest BCUT2D eigenvalue weighted by atomic mass is 10.1. The van der Waals surface area contributed by atoms with Gasteiger partial charge in [-0.1, -0.05) is 11.6 Å². The summed E-state index contributed by atoms with van der Waals surface area (Å²) >= 11 is 5.78. The molecule has 1 aliphatic heterocycles. The predicted molar refractivity (Wildman–Crippen MR) is 77.3 cm³/mol. The Hall–Kier alpha value is -0.830. The second-order valence-electron chi connectivity index (χ2n) is 5.15. The van der Waals surface area contributed by atoms with Crippen molar-refractivity contribution in [3.8, 4) is 0 Å². The summed E-state index contributed by atoms with van der Waals surface area (Å²) in [5.41, 5.74) is -0.971. The summed E-state index contributed by atoms with van der Waals surface area (Å²) in [6.07, 6.45) is -3.27.